The van der Waals surface area contributed by atoms with Crippen LogP contribution >= 0.6 is 0 Å². The summed E-state index contributed by atoms with van der Waals surface area (Å²) in [5, 5.41) is 9.85. The molecule has 0 spiro atoms. The Labute approximate surface area is 81.3 Å². The van der Waals surface area contributed by atoms with E-state index in [1.54, 1.807) is 0 Å². The molecule has 0 aromatic heterocycles. The maximum absolute atomic E-state index is 9.85. The van der Waals surface area contributed by atoms with Crippen LogP contribution in [0.15, 0.2) is 0 Å². The monoisotopic (exact) mass is 186 g/mol. The largest absolute Gasteiger partial charge is 0.390 e. The molecule has 1 aliphatic rings. The number of aliphatic hydroxyl groups is 1. The molecule has 0 aromatic carbocycles. The van der Waals surface area contributed by atoms with Gasteiger partial charge < -0.3 is 9.84 Å². The molecule has 2 nitrogen and oxygen atoms in total. The van der Waals surface area contributed by atoms with Crippen LogP contribution in [0.5, 0.6) is 0 Å². The lowest BCUT2D eigenvalue weighted by atomic mass is 9.94. The van der Waals surface area contributed by atoms with Crippen LogP contribution in [-0.2, 0) is 4.74 Å². The maximum Gasteiger partial charge on any atom is 0.0834 e. The second-order valence-corrected chi connectivity index (χ2v) is 4.22. The Balaban J connectivity index is 2.24. The van der Waals surface area contributed by atoms with Gasteiger partial charge in [0.25, 0.3) is 0 Å². The topological polar surface area (TPSA) is 29.5 Å². The molecule has 3 atom stereocenters. The van der Waals surface area contributed by atoms with E-state index in [1.165, 1.54) is 6.42 Å². The predicted molar refractivity (Wildman–Crippen MR) is 53.7 cm³/mol. The number of ether oxygens (including phenoxy) is 1. The summed E-state index contributed by atoms with van der Waals surface area (Å²) < 4.78 is 5.54. The third kappa shape index (κ3) is 3.65. The normalized spacial score (nSPS) is 28.4. The van der Waals surface area contributed by atoms with Crippen LogP contribution in [0.4, 0.5) is 0 Å². The van der Waals surface area contributed by atoms with Crippen molar-refractivity contribution in [3.05, 3.63) is 0 Å². The molecule has 0 radical (unpaired) electrons. The van der Waals surface area contributed by atoms with E-state index >= 15 is 0 Å². The van der Waals surface area contributed by atoms with Crippen molar-refractivity contribution in [1.29, 1.82) is 0 Å². The van der Waals surface area contributed by atoms with Crippen molar-refractivity contribution < 1.29 is 9.84 Å². The molecular weight excluding hydrogens is 164 g/mol. The van der Waals surface area contributed by atoms with Crippen LogP contribution in [0, 0.1) is 5.92 Å². The van der Waals surface area contributed by atoms with E-state index in [4.69, 9.17) is 4.74 Å². The summed E-state index contributed by atoms with van der Waals surface area (Å²) in [6.45, 7) is 5.19. The molecule has 0 aromatic rings. The van der Waals surface area contributed by atoms with Gasteiger partial charge in [-0.3, -0.25) is 0 Å². The second-order valence-electron chi connectivity index (χ2n) is 4.22. The summed E-state index contributed by atoms with van der Waals surface area (Å²) >= 11 is 0. The molecule has 1 N–H and O–H groups in total. The van der Waals surface area contributed by atoms with E-state index in [-0.39, 0.29) is 12.2 Å². The quantitative estimate of drug-likeness (QED) is 0.730. The zero-order valence-corrected chi connectivity index (χ0v) is 8.83. The maximum atomic E-state index is 9.85. The number of hydrogen-bond donors (Lipinski definition) is 1. The first kappa shape index (κ1) is 11.0. The lowest BCUT2D eigenvalue weighted by molar-refractivity contribution is -0.0686. The van der Waals surface area contributed by atoms with Crippen LogP contribution in [0.25, 0.3) is 0 Å². The molecule has 0 aliphatic carbocycles. The van der Waals surface area contributed by atoms with Gasteiger partial charge in [0.1, 0.15) is 0 Å². The fourth-order valence-corrected chi connectivity index (χ4v) is 1.80. The van der Waals surface area contributed by atoms with Crippen LogP contribution in [0.1, 0.15) is 46.0 Å². The first-order valence-corrected chi connectivity index (χ1v) is 5.53. The van der Waals surface area contributed by atoms with Gasteiger partial charge in [-0.05, 0) is 31.6 Å². The van der Waals surface area contributed by atoms with Gasteiger partial charge in [-0.15, -0.1) is 0 Å². The molecule has 3 unspecified atom stereocenters. The van der Waals surface area contributed by atoms with Crippen molar-refractivity contribution in [3.63, 3.8) is 0 Å². The van der Waals surface area contributed by atoms with Gasteiger partial charge in [0.2, 0.25) is 0 Å². The van der Waals surface area contributed by atoms with E-state index < -0.39 is 0 Å². The van der Waals surface area contributed by atoms with Crippen molar-refractivity contribution in [1.82, 2.24) is 0 Å². The summed E-state index contributed by atoms with van der Waals surface area (Å²) in [5.74, 6) is 0.612. The Bertz CT molecular complexity index is 130. The minimum absolute atomic E-state index is 0.114. The minimum Gasteiger partial charge on any atom is -0.390 e. The fraction of sp³-hybridized carbons (Fsp3) is 1.00. The smallest absolute Gasteiger partial charge is 0.0834 e. The van der Waals surface area contributed by atoms with Crippen molar-refractivity contribution in [3.8, 4) is 0 Å². The van der Waals surface area contributed by atoms with Gasteiger partial charge >= 0.3 is 0 Å². The van der Waals surface area contributed by atoms with Gasteiger partial charge in [0.15, 0.2) is 0 Å². The van der Waals surface area contributed by atoms with Crippen LogP contribution < -0.4 is 0 Å². The zero-order valence-electron chi connectivity index (χ0n) is 8.83. The molecule has 1 saturated heterocycles. The van der Waals surface area contributed by atoms with Crippen molar-refractivity contribution >= 4 is 0 Å². The van der Waals surface area contributed by atoms with Gasteiger partial charge in [-0.2, -0.15) is 0 Å². The highest BCUT2D eigenvalue weighted by Gasteiger charge is 2.23. The molecule has 2 heteroatoms. The molecule has 1 rings (SSSR count). The molecule has 78 valence electrons. The van der Waals surface area contributed by atoms with E-state index in [0.717, 1.165) is 32.3 Å². The zero-order chi connectivity index (χ0) is 9.68. The summed E-state index contributed by atoms with van der Waals surface area (Å²) in [7, 11) is 0. The second kappa shape index (κ2) is 5.61. The number of aliphatic hydroxyl groups excluding tert-OH is 1. The van der Waals surface area contributed by atoms with Gasteiger partial charge in [-0.25, -0.2) is 0 Å². The molecule has 1 aliphatic heterocycles. The minimum atomic E-state index is -0.241. The Hall–Kier alpha value is -0.0800. The van der Waals surface area contributed by atoms with Crippen molar-refractivity contribution in [2.24, 2.45) is 5.92 Å². The lowest BCUT2D eigenvalue weighted by Crippen LogP contribution is -2.33. The van der Waals surface area contributed by atoms with Crippen LogP contribution in [0.3, 0.4) is 0 Å². The average molecular weight is 186 g/mol. The Morgan fingerprint density at radius 1 is 1.46 bits per heavy atom. The summed E-state index contributed by atoms with van der Waals surface area (Å²) in [4.78, 5) is 0. The van der Waals surface area contributed by atoms with Gasteiger partial charge in [0, 0.05) is 6.61 Å². The molecule has 0 amide bonds. The Morgan fingerprint density at radius 3 is 2.77 bits per heavy atom. The third-order valence-corrected chi connectivity index (χ3v) is 2.98. The molecule has 0 saturated carbocycles. The molecule has 1 fully saturated rings. The first-order valence-electron chi connectivity index (χ1n) is 5.53. The van der Waals surface area contributed by atoms with Gasteiger partial charge in [0.05, 0.1) is 12.2 Å². The Kier molecular flexibility index (Phi) is 4.74. The average Bonchev–Trinajstić information content (AvgIpc) is 2.19. The highest BCUT2D eigenvalue weighted by Crippen LogP contribution is 2.21. The third-order valence-electron chi connectivity index (χ3n) is 2.98. The van der Waals surface area contributed by atoms with Crippen molar-refractivity contribution in [2.75, 3.05) is 6.61 Å². The SMILES string of the molecule is CCC(C)CC(O)C1CCCCO1. The van der Waals surface area contributed by atoms with Crippen LogP contribution in [-0.4, -0.2) is 23.9 Å². The Morgan fingerprint density at radius 2 is 2.23 bits per heavy atom. The van der Waals surface area contributed by atoms with Crippen LogP contribution in [0.2, 0.25) is 0 Å². The molecular formula is C11H22O2. The summed E-state index contributed by atoms with van der Waals surface area (Å²) in [5.41, 5.74) is 0. The molecule has 1 heterocycles. The number of rotatable bonds is 4. The fourth-order valence-electron chi connectivity index (χ4n) is 1.80. The van der Waals surface area contributed by atoms with E-state index in [1.807, 2.05) is 0 Å². The first-order chi connectivity index (χ1) is 6.24. The summed E-state index contributed by atoms with van der Waals surface area (Å²) in [6, 6.07) is 0. The number of hydrogen-bond acceptors (Lipinski definition) is 2. The standard InChI is InChI=1S/C11H22O2/c1-3-9(2)8-10(12)11-6-4-5-7-13-11/h9-12H,3-8H2,1-2H3. The predicted octanol–water partition coefficient (Wildman–Crippen LogP) is 2.35. The molecule has 0 bridgehead atoms. The highest BCUT2D eigenvalue weighted by atomic mass is 16.5. The molecule has 13 heavy (non-hydrogen) atoms. The lowest BCUT2D eigenvalue weighted by Gasteiger charge is -2.28. The van der Waals surface area contributed by atoms with E-state index in [2.05, 4.69) is 13.8 Å². The summed E-state index contributed by atoms with van der Waals surface area (Å²) in [6.07, 6.45) is 5.31. The van der Waals surface area contributed by atoms with E-state index in [0.29, 0.717) is 5.92 Å². The highest BCUT2D eigenvalue weighted by molar-refractivity contribution is 4.73. The van der Waals surface area contributed by atoms with Gasteiger partial charge in [-0.1, -0.05) is 20.3 Å². The van der Waals surface area contributed by atoms with Crippen molar-refractivity contribution in [2.45, 2.75) is 58.2 Å². The van der Waals surface area contributed by atoms with E-state index in [9.17, 15) is 5.11 Å².